The lowest BCUT2D eigenvalue weighted by molar-refractivity contribution is -0.147. The second-order valence-electron chi connectivity index (χ2n) is 3.70. The van der Waals surface area contributed by atoms with Gasteiger partial charge in [-0.1, -0.05) is 0 Å². The van der Waals surface area contributed by atoms with Crippen molar-refractivity contribution in [2.45, 2.75) is 38.4 Å². The van der Waals surface area contributed by atoms with Crippen molar-refractivity contribution in [1.82, 2.24) is 0 Å². The smallest absolute Gasteiger partial charge is 0.314 e. The summed E-state index contributed by atoms with van der Waals surface area (Å²) in [6, 6.07) is 0. The summed E-state index contributed by atoms with van der Waals surface area (Å²) in [6.45, 7) is 1.79. The topological polar surface area (TPSA) is 46.5 Å². The summed E-state index contributed by atoms with van der Waals surface area (Å²) in [7, 11) is 0. The largest absolute Gasteiger partial charge is 0.459 e. The fourth-order valence-corrected chi connectivity index (χ4v) is 2.00. The van der Waals surface area contributed by atoms with E-state index in [1.54, 1.807) is 6.92 Å². The van der Waals surface area contributed by atoms with Crippen LogP contribution in [0, 0.1) is 5.41 Å². The van der Waals surface area contributed by atoms with Crippen LogP contribution in [0.5, 0.6) is 0 Å². The highest BCUT2D eigenvalue weighted by atomic mass is 16.6. The Kier molecular flexibility index (Phi) is 1.27. The van der Waals surface area contributed by atoms with E-state index in [4.69, 9.17) is 4.74 Å². The molecular weight excluding hydrogens is 144 g/mol. The van der Waals surface area contributed by atoms with Gasteiger partial charge in [0, 0.05) is 0 Å². The van der Waals surface area contributed by atoms with Crippen molar-refractivity contribution < 1.29 is 14.6 Å². The minimum Gasteiger partial charge on any atom is -0.459 e. The molecule has 0 amide bonds. The molecule has 3 unspecified atom stereocenters. The van der Waals surface area contributed by atoms with Crippen molar-refractivity contribution in [1.29, 1.82) is 0 Å². The Labute approximate surface area is 65.4 Å². The van der Waals surface area contributed by atoms with Gasteiger partial charge >= 0.3 is 5.97 Å². The first-order valence-electron chi connectivity index (χ1n) is 4.04. The van der Waals surface area contributed by atoms with E-state index in [9.17, 15) is 9.90 Å². The van der Waals surface area contributed by atoms with Gasteiger partial charge in [0.25, 0.3) is 0 Å². The van der Waals surface area contributed by atoms with Gasteiger partial charge in [0.15, 0.2) is 0 Å². The Balaban J connectivity index is 2.34. The van der Waals surface area contributed by atoms with E-state index in [2.05, 4.69) is 0 Å². The zero-order valence-electron chi connectivity index (χ0n) is 6.54. The molecule has 62 valence electrons. The third kappa shape index (κ3) is 0.745. The fraction of sp³-hybridized carbons (Fsp3) is 0.875. The third-order valence-electron chi connectivity index (χ3n) is 2.91. The highest BCUT2D eigenvalue weighted by molar-refractivity contribution is 5.80. The molecule has 0 aromatic heterocycles. The molecule has 2 aliphatic rings. The van der Waals surface area contributed by atoms with Crippen LogP contribution >= 0.6 is 0 Å². The van der Waals surface area contributed by atoms with Crippen LogP contribution in [0.1, 0.15) is 26.2 Å². The molecule has 1 saturated heterocycles. The second kappa shape index (κ2) is 1.97. The maximum atomic E-state index is 11.2. The minimum atomic E-state index is -0.594. The van der Waals surface area contributed by atoms with E-state index in [1.165, 1.54) is 0 Å². The molecule has 0 aromatic rings. The van der Waals surface area contributed by atoms with Crippen LogP contribution in [-0.2, 0) is 9.53 Å². The molecule has 1 aliphatic heterocycles. The van der Waals surface area contributed by atoms with Crippen molar-refractivity contribution in [3.63, 3.8) is 0 Å². The highest BCUT2D eigenvalue weighted by Gasteiger charge is 2.55. The van der Waals surface area contributed by atoms with Crippen molar-refractivity contribution in [2.75, 3.05) is 0 Å². The summed E-state index contributed by atoms with van der Waals surface area (Å²) < 4.78 is 5.01. The van der Waals surface area contributed by atoms with Gasteiger partial charge in [-0.2, -0.15) is 0 Å². The Morgan fingerprint density at radius 3 is 3.00 bits per heavy atom. The number of carbonyl (C=O) groups excluding carboxylic acids is 1. The van der Waals surface area contributed by atoms with Crippen LogP contribution in [0.2, 0.25) is 0 Å². The average molecular weight is 156 g/mol. The van der Waals surface area contributed by atoms with E-state index in [1.807, 2.05) is 0 Å². The number of hydrogen-bond donors (Lipinski definition) is 1. The molecule has 2 fully saturated rings. The summed E-state index contributed by atoms with van der Waals surface area (Å²) in [5.74, 6) is -0.215. The predicted molar refractivity (Wildman–Crippen MR) is 37.8 cm³/mol. The first kappa shape index (κ1) is 7.10. The molecular formula is C8H12O3. The highest BCUT2D eigenvalue weighted by Crippen LogP contribution is 2.44. The molecule has 11 heavy (non-hydrogen) atoms. The Morgan fingerprint density at radius 2 is 2.45 bits per heavy atom. The number of aliphatic hydroxyl groups is 1. The first-order valence-corrected chi connectivity index (χ1v) is 4.04. The summed E-state index contributed by atoms with van der Waals surface area (Å²) in [6.07, 6.45) is 1.79. The van der Waals surface area contributed by atoms with Crippen LogP contribution in [0.25, 0.3) is 0 Å². The maximum absolute atomic E-state index is 11.2. The third-order valence-corrected chi connectivity index (χ3v) is 2.91. The lowest BCUT2D eigenvalue weighted by atomic mass is 9.75. The molecule has 3 heteroatoms. The summed E-state index contributed by atoms with van der Waals surface area (Å²) in [5, 5.41) is 9.59. The number of carbonyl (C=O) groups is 1. The van der Waals surface area contributed by atoms with Crippen LogP contribution in [-0.4, -0.2) is 23.3 Å². The summed E-state index contributed by atoms with van der Waals surface area (Å²) >= 11 is 0. The van der Waals surface area contributed by atoms with E-state index >= 15 is 0 Å². The zero-order valence-corrected chi connectivity index (χ0v) is 6.54. The van der Waals surface area contributed by atoms with Gasteiger partial charge in [-0.05, 0) is 26.2 Å². The van der Waals surface area contributed by atoms with Crippen LogP contribution in [0.15, 0.2) is 0 Å². The Bertz CT molecular complexity index is 202. The van der Waals surface area contributed by atoms with Crippen molar-refractivity contribution in [3.05, 3.63) is 0 Å². The van der Waals surface area contributed by atoms with Gasteiger partial charge < -0.3 is 9.84 Å². The zero-order chi connectivity index (χ0) is 8.06. The lowest BCUT2D eigenvalue weighted by Crippen LogP contribution is -2.39. The number of aliphatic hydroxyl groups excluding tert-OH is 1. The van der Waals surface area contributed by atoms with E-state index in [0.717, 1.165) is 19.3 Å². The summed E-state index contributed by atoms with van der Waals surface area (Å²) in [5.41, 5.74) is -0.594. The number of esters is 1. The molecule has 1 aliphatic carbocycles. The Morgan fingerprint density at radius 1 is 1.73 bits per heavy atom. The fourth-order valence-electron chi connectivity index (χ4n) is 2.00. The maximum Gasteiger partial charge on any atom is 0.314 e. The number of rotatable bonds is 0. The van der Waals surface area contributed by atoms with Gasteiger partial charge in [-0.25, -0.2) is 0 Å². The minimum absolute atomic E-state index is 0.215. The molecule has 3 atom stereocenters. The first-order chi connectivity index (χ1) is 5.14. The van der Waals surface area contributed by atoms with Gasteiger partial charge in [0.2, 0.25) is 0 Å². The van der Waals surface area contributed by atoms with Crippen molar-refractivity contribution in [2.24, 2.45) is 5.41 Å². The molecule has 0 aromatic carbocycles. The van der Waals surface area contributed by atoms with Gasteiger partial charge in [0.05, 0.1) is 5.41 Å². The second-order valence-corrected chi connectivity index (χ2v) is 3.70. The SMILES string of the molecule is CC12CCCC(OC1=O)C2O. The summed E-state index contributed by atoms with van der Waals surface area (Å²) in [4.78, 5) is 11.2. The molecule has 2 bridgehead atoms. The van der Waals surface area contributed by atoms with E-state index in [0.29, 0.717) is 0 Å². The number of fused-ring (bicyclic) bond motifs is 2. The number of hydrogen-bond acceptors (Lipinski definition) is 3. The predicted octanol–water partition coefficient (Wildman–Crippen LogP) is 0.463. The number of ether oxygens (including phenoxy) is 1. The lowest BCUT2D eigenvalue weighted by Gasteiger charge is -2.28. The molecule has 0 radical (unpaired) electrons. The quantitative estimate of drug-likeness (QED) is 0.518. The molecule has 0 spiro atoms. The Hall–Kier alpha value is -0.570. The van der Waals surface area contributed by atoms with Gasteiger partial charge in [-0.15, -0.1) is 0 Å². The molecule has 1 heterocycles. The van der Waals surface area contributed by atoms with Gasteiger partial charge in [-0.3, -0.25) is 4.79 Å². The molecule has 1 N–H and O–H groups in total. The molecule has 2 rings (SSSR count). The van der Waals surface area contributed by atoms with Gasteiger partial charge in [0.1, 0.15) is 12.2 Å². The molecule has 1 saturated carbocycles. The monoisotopic (exact) mass is 156 g/mol. The van der Waals surface area contributed by atoms with Crippen LogP contribution < -0.4 is 0 Å². The van der Waals surface area contributed by atoms with Crippen molar-refractivity contribution in [3.8, 4) is 0 Å². The van der Waals surface area contributed by atoms with Crippen molar-refractivity contribution >= 4 is 5.97 Å². The van der Waals surface area contributed by atoms with Crippen LogP contribution in [0.4, 0.5) is 0 Å². The standard InChI is InChI=1S/C8H12O3/c1-8-4-2-3-5(6(8)9)11-7(8)10/h5-6,9H,2-4H2,1H3. The average Bonchev–Trinajstić information content (AvgIpc) is 2.16. The van der Waals surface area contributed by atoms with Crippen LogP contribution in [0.3, 0.4) is 0 Å². The van der Waals surface area contributed by atoms with E-state index < -0.39 is 11.5 Å². The molecule has 3 nitrogen and oxygen atoms in total. The van der Waals surface area contributed by atoms with E-state index in [-0.39, 0.29) is 12.1 Å². The normalized spacial score (nSPS) is 49.1.